The molecule has 0 aliphatic carbocycles. The number of hydrogen-bond acceptors (Lipinski definition) is 32. The van der Waals surface area contributed by atoms with Crippen LogP contribution >= 0.6 is 0 Å². The average molecular weight is 1910 g/mol. The van der Waals surface area contributed by atoms with Crippen molar-refractivity contribution in [3.63, 3.8) is 0 Å². The number of aliphatic hydroxyl groups is 5. The Morgan fingerprint density at radius 2 is 0.970 bits per heavy atom. The van der Waals surface area contributed by atoms with Gasteiger partial charge in [-0.1, -0.05) is 113 Å². The first-order chi connectivity index (χ1) is 62.9. The number of nitrogens with zero attached hydrogens (tertiary/aromatic N) is 3. The summed E-state index contributed by atoms with van der Waals surface area (Å²) in [5.74, 6) is -5.17. The number of alkyl carbamates (subject to hydrolysis) is 3. The third-order valence-electron chi connectivity index (χ3n) is 21.1. The Balaban J connectivity index is 0. The zero-order valence-corrected chi connectivity index (χ0v) is 83.2. The second kappa shape index (κ2) is 73.0. The molecular formula is C90H165N11O32. The van der Waals surface area contributed by atoms with E-state index < -0.39 is 134 Å². The van der Waals surface area contributed by atoms with Crippen molar-refractivity contribution in [2.24, 2.45) is 23.7 Å². The molecule has 8 unspecified atom stereocenters. The lowest BCUT2D eigenvalue weighted by Crippen LogP contribution is -2.59. The third-order valence-corrected chi connectivity index (χ3v) is 21.1. The van der Waals surface area contributed by atoms with E-state index in [0.29, 0.717) is 51.5 Å². The Morgan fingerprint density at radius 1 is 0.511 bits per heavy atom. The standard InChI is InChI=1S/C57H98N8O15.C15H30N2O6.C11H21NO7.C7H16O4/c1-16-37(7)50(64(12)55(72)48(35(3)4)62-54(71)49(36(5)6)63(10)11)44(75-13)32-46(68)65-29-21-25-43(65)51(77-15)38(8)52(69)61-42(31-40-23-19-18-20-24-40)53(70)58-27-22-30-78-56(73)39(9)60-45(67)26-28-59-57(74)79-34-47(76-14)80-41(17-2)33-66;1-6-11(9-18)23-13(21-5)10-22-14(20)16-8-7-12(19)17-15(2,3)4;1-3-8(6-13)19-10(17-2)7-18-11(16)12-5-4-9(14)15;1-3-6(4-8)11-7(5-9)10-2/h18-20,23-24,35-39,41-44,47-51,66H,16-17,21-22,25-34H2,1-15H3,(H,58,70)(H,59,74)(H,60,67)(H,61,69)(H,62,71);11,13,18H,6-10H2,1-5H3,(H,16,20)(H,17,19);8,10,13H,3-7H2,1-2H3,(H,12,16)(H,14,15);6-9H,3-5H2,1-2H3/t37-,38+,39-,41?,42-,43-,44+,47?,48-,49-,50-,51+;;;/m0.../s1. The fourth-order valence-corrected chi connectivity index (χ4v) is 13.3. The number of nitrogens with one attached hydrogen (secondary N) is 8. The zero-order valence-electron chi connectivity index (χ0n) is 83.2. The van der Waals surface area contributed by atoms with Crippen molar-refractivity contribution < 1.29 is 154 Å². The molecule has 43 nitrogen and oxygen atoms in total. The fourth-order valence-electron chi connectivity index (χ4n) is 13.3. The Morgan fingerprint density at radius 3 is 1.36 bits per heavy atom. The predicted octanol–water partition coefficient (Wildman–Crippen LogP) is 3.26. The molecule has 2 rings (SSSR count). The average Bonchev–Trinajstić information content (AvgIpc) is 1.79. The molecular weight excluding hydrogens is 1750 g/mol. The molecule has 0 spiro atoms. The van der Waals surface area contributed by atoms with E-state index >= 15 is 0 Å². The van der Waals surface area contributed by atoms with Gasteiger partial charge in [0.05, 0.1) is 113 Å². The van der Waals surface area contributed by atoms with Crippen molar-refractivity contribution in [3.05, 3.63) is 35.9 Å². The Labute approximate surface area is 786 Å². The summed E-state index contributed by atoms with van der Waals surface area (Å²) in [6.07, 6.45) is -3.66. The Kier molecular flexibility index (Phi) is 69.5. The summed E-state index contributed by atoms with van der Waals surface area (Å²) < 4.78 is 73.4. The highest BCUT2D eigenvalue weighted by Crippen LogP contribution is 2.30. The highest BCUT2D eigenvalue weighted by atomic mass is 16.7. The summed E-state index contributed by atoms with van der Waals surface area (Å²) >= 11 is 0. The number of carbonyl (C=O) groups excluding carboxylic acids is 11. The van der Waals surface area contributed by atoms with E-state index in [-0.39, 0.29) is 189 Å². The summed E-state index contributed by atoms with van der Waals surface area (Å²) in [6, 6.07) is 4.92. The second-order valence-corrected chi connectivity index (χ2v) is 33.6. The maximum Gasteiger partial charge on any atom is 0.407 e. The van der Waals surface area contributed by atoms with Crippen LogP contribution in [-0.4, -0.2) is 376 Å². The van der Waals surface area contributed by atoms with E-state index in [9.17, 15) is 62.6 Å². The molecule has 43 heteroatoms. The molecule has 1 aromatic rings. The highest BCUT2D eigenvalue weighted by molar-refractivity contribution is 5.91. The van der Waals surface area contributed by atoms with Crippen LogP contribution in [0.2, 0.25) is 0 Å². The smallest absolute Gasteiger partial charge is 0.407 e. The molecule has 0 aromatic heterocycles. The van der Waals surface area contributed by atoms with Gasteiger partial charge in [-0.3, -0.25) is 43.3 Å². The van der Waals surface area contributed by atoms with Crippen molar-refractivity contribution in [2.75, 3.05) is 156 Å². The SMILES string of the molecule is CCC(CO)OC(CO)OC.CCC(CO)OC(COC(=O)NCCC(=O)NC(C)(C)C)OC.CCC(CO)OC(COC(=O)NCCC(=O)N[C@@H](C)C(=O)OCCCNC(=O)[C@H](Cc1ccccc1)NC(=O)[C@H](C)[C@@H](OC)[C@@H]1CCCN1C(=O)C[C@@H](OC)[C@H]([C@@H](C)CC)N(C)C(=O)[C@@H](NC(=O)[C@H](C(C)C)N(C)C)C(C)C)OC.CCC(CO)OC(COC(=O)NCCC(=O)O)OC. The number of rotatable bonds is 63. The van der Waals surface area contributed by atoms with E-state index in [4.69, 9.17) is 91.8 Å². The van der Waals surface area contributed by atoms with Gasteiger partial charge in [0, 0.05) is 107 Å². The lowest BCUT2D eigenvalue weighted by molar-refractivity contribution is -0.181. The van der Waals surface area contributed by atoms with E-state index in [1.54, 1.807) is 23.8 Å². The van der Waals surface area contributed by atoms with Crippen LogP contribution in [0.3, 0.4) is 0 Å². The van der Waals surface area contributed by atoms with Crippen molar-refractivity contribution in [2.45, 2.75) is 291 Å². The van der Waals surface area contributed by atoms with Gasteiger partial charge in [-0.15, -0.1) is 0 Å². The maximum absolute atomic E-state index is 14.5. The number of methoxy groups -OCH3 is 6. The van der Waals surface area contributed by atoms with Crippen LogP contribution in [0.5, 0.6) is 0 Å². The van der Waals surface area contributed by atoms with Crippen LogP contribution in [0, 0.1) is 23.7 Å². The summed E-state index contributed by atoms with van der Waals surface area (Å²) in [7, 11) is 14.0. The first kappa shape index (κ1) is 127. The number of likely N-dealkylation sites (tertiary alicyclic amines) is 1. The topological polar surface area (TPSA) is 561 Å². The van der Waals surface area contributed by atoms with Crippen molar-refractivity contribution >= 4 is 71.6 Å². The number of amides is 10. The molecule has 1 saturated heterocycles. The van der Waals surface area contributed by atoms with Crippen LogP contribution in [0.15, 0.2) is 30.3 Å². The van der Waals surface area contributed by atoms with Gasteiger partial charge in [0.25, 0.3) is 0 Å². The number of carboxylic acids is 1. The van der Waals surface area contributed by atoms with Gasteiger partial charge in [0.15, 0.2) is 25.2 Å². The number of carbonyl (C=O) groups is 12. The summed E-state index contributed by atoms with van der Waals surface area (Å²) in [6.45, 7) is 27.2. The molecule has 14 N–H and O–H groups in total. The first-order valence-electron chi connectivity index (χ1n) is 45.6. The molecule has 0 bridgehead atoms. The van der Waals surface area contributed by atoms with E-state index in [2.05, 4.69) is 42.5 Å². The molecule has 1 aromatic carbocycles. The fraction of sp³-hybridized carbons (Fsp3) is 0.800. The first-order valence-corrected chi connectivity index (χ1v) is 45.6. The molecule has 0 saturated carbocycles. The zero-order chi connectivity index (χ0) is 101. The van der Waals surface area contributed by atoms with E-state index in [0.717, 1.165) is 5.56 Å². The van der Waals surface area contributed by atoms with Crippen LogP contribution in [0.1, 0.15) is 186 Å². The molecule has 1 fully saturated rings. The minimum absolute atomic E-state index is 0.00388. The summed E-state index contributed by atoms with van der Waals surface area (Å²) in [5.41, 5.74) is 0.496. The van der Waals surface area contributed by atoms with Crippen LogP contribution < -0.4 is 42.5 Å². The van der Waals surface area contributed by atoms with Crippen molar-refractivity contribution in [1.29, 1.82) is 0 Å². The number of ether oxygens (including phenoxy) is 14. The van der Waals surface area contributed by atoms with Crippen LogP contribution in [0.4, 0.5) is 14.4 Å². The van der Waals surface area contributed by atoms with E-state index in [1.807, 2.05) is 139 Å². The normalized spacial score (nSPS) is 16.3. The molecule has 1 aliphatic rings. The minimum atomic E-state index is -1.01. The number of esters is 1. The van der Waals surface area contributed by atoms with Gasteiger partial charge < -0.3 is 149 Å². The van der Waals surface area contributed by atoms with Gasteiger partial charge in [0.2, 0.25) is 41.4 Å². The van der Waals surface area contributed by atoms with Crippen molar-refractivity contribution in [3.8, 4) is 0 Å². The van der Waals surface area contributed by atoms with Gasteiger partial charge >= 0.3 is 30.2 Å². The second-order valence-electron chi connectivity index (χ2n) is 33.6. The third kappa shape index (κ3) is 54.2. The van der Waals surface area contributed by atoms with Crippen LogP contribution in [-0.2, 0) is 116 Å². The number of hydrogen-bond donors (Lipinski definition) is 14. The number of carboxylic acid groups (broad SMARTS) is 1. The summed E-state index contributed by atoms with van der Waals surface area (Å²) in [4.78, 5) is 157. The monoisotopic (exact) mass is 1910 g/mol. The van der Waals surface area contributed by atoms with Gasteiger partial charge in [-0.2, -0.15) is 0 Å². The van der Waals surface area contributed by atoms with Gasteiger partial charge in [-0.25, -0.2) is 19.2 Å². The number of aliphatic hydroxyl groups excluding tert-OH is 5. The molecule has 18 atom stereocenters. The van der Waals surface area contributed by atoms with Crippen LogP contribution in [0.25, 0.3) is 0 Å². The molecule has 10 amide bonds. The number of benzene rings is 1. The minimum Gasteiger partial charge on any atom is -0.481 e. The highest BCUT2D eigenvalue weighted by Gasteiger charge is 2.44. The predicted molar refractivity (Wildman–Crippen MR) is 490 cm³/mol. The number of aliphatic carboxylic acids is 1. The quantitative estimate of drug-likeness (QED) is 0.0193. The number of likely N-dealkylation sites (N-methyl/N-ethyl adjacent to an activating group) is 2. The summed E-state index contributed by atoms with van der Waals surface area (Å²) in [5, 5.41) is 74.3. The molecule has 0 radical (unpaired) electrons. The van der Waals surface area contributed by atoms with Gasteiger partial charge in [-0.05, 0) is 110 Å². The molecule has 133 heavy (non-hydrogen) atoms. The van der Waals surface area contributed by atoms with E-state index in [1.165, 1.54) is 49.6 Å². The molecule has 1 aliphatic heterocycles. The molecule has 772 valence electrons. The molecule has 1 heterocycles. The lowest BCUT2D eigenvalue weighted by Gasteiger charge is -2.41. The Bertz CT molecular complexity index is 3350. The van der Waals surface area contributed by atoms with Gasteiger partial charge in [0.1, 0.15) is 37.9 Å². The largest absolute Gasteiger partial charge is 0.481 e. The Hall–Kier alpha value is -8.38. The maximum atomic E-state index is 14.5. The lowest BCUT2D eigenvalue weighted by atomic mass is 9.89. The van der Waals surface area contributed by atoms with Crippen molar-refractivity contribution in [1.82, 2.24) is 57.2 Å².